The maximum atomic E-state index is 10.7. The molecule has 14 heteroatoms. The highest BCUT2D eigenvalue weighted by Crippen LogP contribution is 2.31. The third-order valence-corrected chi connectivity index (χ3v) is 6.19. The Hall–Kier alpha value is -1.37. The normalized spacial score (nSPS) is 35.7. The van der Waals surface area contributed by atoms with Crippen molar-refractivity contribution < 1.29 is 59.2 Å². The van der Waals surface area contributed by atoms with Gasteiger partial charge in [-0.25, -0.2) is 5.48 Å². The highest BCUT2D eigenvalue weighted by Gasteiger charge is 2.51. The fourth-order valence-corrected chi connectivity index (χ4v) is 4.27. The predicted octanol–water partition coefficient (Wildman–Crippen LogP) is -2.04. The van der Waals surface area contributed by atoms with Crippen molar-refractivity contribution in [3.8, 4) is 0 Å². The lowest BCUT2D eigenvalue weighted by molar-refractivity contribution is -0.364. The van der Waals surface area contributed by atoms with Crippen LogP contribution in [0.2, 0.25) is 0 Å². The summed E-state index contributed by atoms with van der Waals surface area (Å²) >= 11 is 0. The van der Waals surface area contributed by atoms with Crippen molar-refractivity contribution in [3.05, 3.63) is 30.1 Å². The molecule has 3 rings (SSSR count). The second-order valence-electron chi connectivity index (χ2n) is 10.5. The van der Waals surface area contributed by atoms with Crippen LogP contribution < -0.4 is 5.48 Å². The molecule has 3 heterocycles. The van der Waals surface area contributed by atoms with E-state index in [9.17, 15) is 30.6 Å². The molecule has 2 aliphatic heterocycles. The van der Waals surface area contributed by atoms with Crippen LogP contribution in [-0.4, -0.2) is 129 Å². The van der Waals surface area contributed by atoms with Crippen LogP contribution in [0.4, 0.5) is 0 Å². The lowest BCUT2D eigenvalue weighted by atomic mass is 9.96. The van der Waals surface area contributed by atoms with Crippen molar-refractivity contribution in [1.29, 1.82) is 0 Å². The average molecular weight is 563 g/mol. The third kappa shape index (κ3) is 9.06. The lowest BCUT2D eigenvalue weighted by Gasteiger charge is -2.47. The number of nitrogens with one attached hydrogen (secondary N) is 1. The van der Waals surface area contributed by atoms with Crippen LogP contribution in [0.1, 0.15) is 32.8 Å². The number of aliphatic hydroxyl groups excluding tert-OH is 6. The fraction of sp³-hybridized carbons (Fsp3) is 0.800. The van der Waals surface area contributed by atoms with Crippen LogP contribution in [0.25, 0.3) is 0 Å². The Morgan fingerprint density at radius 2 is 1.56 bits per heavy atom. The smallest absolute Gasteiger partial charge is 0.187 e. The van der Waals surface area contributed by atoms with Gasteiger partial charge in [0.05, 0.1) is 32.0 Å². The first-order valence-corrected chi connectivity index (χ1v) is 13.0. The van der Waals surface area contributed by atoms with Crippen molar-refractivity contribution in [2.45, 2.75) is 101 Å². The zero-order chi connectivity index (χ0) is 28.6. The second kappa shape index (κ2) is 15.0. The molecule has 0 spiro atoms. The Labute approximate surface area is 227 Å². The van der Waals surface area contributed by atoms with Crippen LogP contribution in [0, 0.1) is 0 Å². The number of hydroxylamine groups is 1. The van der Waals surface area contributed by atoms with Crippen LogP contribution >= 0.6 is 0 Å². The monoisotopic (exact) mass is 562 g/mol. The molecule has 1 aromatic rings. The molecule has 7 N–H and O–H groups in total. The topological polar surface area (TPSA) is 202 Å². The predicted molar refractivity (Wildman–Crippen MR) is 133 cm³/mol. The minimum Gasteiger partial charge on any atom is -0.394 e. The minimum absolute atomic E-state index is 0.144. The van der Waals surface area contributed by atoms with E-state index in [0.717, 1.165) is 5.56 Å². The molecule has 39 heavy (non-hydrogen) atoms. The highest BCUT2D eigenvalue weighted by molar-refractivity contribution is 5.06. The van der Waals surface area contributed by atoms with E-state index in [-0.39, 0.29) is 6.61 Å². The number of hydrogen-bond acceptors (Lipinski definition) is 14. The van der Waals surface area contributed by atoms with Gasteiger partial charge in [-0.2, -0.15) is 0 Å². The number of pyridine rings is 1. The molecule has 224 valence electrons. The summed E-state index contributed by atoms with van der Waals surface area (Å²) in [5, 5.41) is 62.2. The van der Waals surface area contributed by atoms with E-state index >= 15 is 0 Å². The molecule has 2 aliphatic rings. The Balaban J connectivity index is 1.48. The standard InChI is InChI=1S/C25H42N2O12/c1-25(2,3)39-22-16(12-29)37-24(20(33)18(22)31)38-21-15(11-28)36-23(19(32)17(21)30)34-9-5-8-27-35-13-14-6-4-7-26-10-14/h4,6-7,10,15-24,27-33H,5,8-9,11-13H2,1-3H3/t15?,16?,17-,18-,19?,20?,21+,22+,23-,24+/m0/s1. The van der Waals surface area contributed by atoms with E-state index in [1.807, 2.05) is 12.1 Å². The summed E-state index contributed by atoms with van der Waals surface area (Å²) in [6.45, 7) is 5.01. The van der Waals surface area contributed by atoms with Crippen molar-refractivity contribution in [1.82, 2.24) is 10.5 Å². The number of aliphatic hydroxyl groups is 6. The van der Waals surface area contributed by atoms with E-state index in [0.29, 0.717) is 19.6 Å². The molecule has 0 aliphatic carbocycles. The Morgan fingerprint density at radius 1 is 0.923 bits per heavy atom. The summed E-state index contributed by atoms with van der Waals surface area (Å²) in [5.41, 5.74) is 3.00. The van der Waals surface area contributed by atoms with Crippen molar-refractivity contribution in [2.75, 3.05) is 26.4 Å². The van der Waals surface area contributed by atoms with E-state index in [2.05, 4.69) is 10.5 Å². The van der Waals surface area contributed by atoms with Gasteiger partial charge in [-0.15, -0.1) is 0 Å². The molecule has 0 saturated carbocycles. The van der Waals surface area contributed by atoms with Gasteiger partial charge in [0.1, 0.15) is 48.8 Å². The van der Waals surface area contributed by atoms with Crippen LogP contribution in [0.3, 0.4) is 0 Å². The summed E-state index contributed by atoms with van der Waals surface area (Å²) in [4.78, 5) is 9.34. The van der Waals surface area contributed by atoms with Gasteiger partial charge in [0.25, 0.3) is 0 Å². The Kier molecular flexibility index (Phi) is 12.4. The van der Waals surface area contributed by atoms with Crippen molar-refractivity contribution in [3.63, 3.8) is 0 Å². The zero-order valence-corrected chi connectivity index (χ0v) is 22.4. The van der Waals surface area contributed by atoms with Crippen LogP contribution in [-0.2, 0) is 35.1 Å². The number of aromatic nitrogens is 1. The molecule has 0 aromatic carbocycles. The Bertz CT molecular complexity index is 827. The molecule has 14 nitrogen and oxygen atoms in total. The number of nitrogens with zero attached hydrogens (tertiary/aromatic N) is 1. The number of ether oxygens (including phenoxy) is 5. The first-order chi connectivity index (χ1) is 18.6. The van der Waals surface area contributed by atoms with Crippen LogP contribution in [0.15, 0.2) is 24.5 Å². The summed E-state index contributed by atoms with van der Waals surface area (Å²) < 4.78 is 28.2. The van der Waals surface area contributed by atoms with E-state index in [4.69, 9.17) is 28.5 Å². The van der Waals surface area contributed by atoms with Crippen molar-refractivity contribution >= 4 is 0 Å². The maximum Gasteiger partial charge on any atom is 0.187 e. The van der Waals surface area contributed by atoms with E-state index in [1.165, 1.54) is 0 Å². The lowest BCUT2D eigenvalue weighted by Crippen LogP contribution is -2.65. The SMILES string of the molecule is CC(C)(C)O[C@@H]1C(CO)O[C@H](O[C@@H]2C(CO)O[C@H](OCCCNOCc3cccnc3)C(O)[C@@H]2O)C(O)[C@@H]1O. The molecule has 0 amide bonds. The van der Waals surface area contributed by atoms with Crippen molar-refractivity contribution in [2.24, 2.45) is 0 Å². The van der Waals surface area contributed by atoms with Gasteiger partial charge in [-0.1, -0.05) is 6.07 Å². The first kappa shape index (κ1) is 32.1. The third-order valence-electron chi connectivity index (χ3n) is 6.19. The molecular formula is C25H42N2O12. The maximum absolute atomic E-state index is 10.7. The van der Waals surface area contributed by atoms with Gasteiger partial charge in [0.2, 0.25) is 0 Å². The van der Waals surface area contributed by atoms with Gasteiger partial charge >= 0.3 is 0 Å². The first-order valence-electron chi connectivity index (χ1n) is 13.0. The number of hydrogen-bond donors (Lipinski definition) is 7. The van der Waals surface area contributed by atoms with Gasteiger partial charge in [0.15, 0.2) is 12.6 Å². The molecular weight excluding hydrogens is 520 g/mol. The zero-order valence-electron chi connectivity index (χ0n) is 22.4. The summed E-state index contributed by atoms with van der Waals surface area (Å²) in [5.74, 6) is 0. The van der Waals surface area contributed by atoms with Gasteiger partial charge in [-0.3, -0.25) is 9.82 Å². The average Bonchev–Trinajstić information content (AvgIpc) is 2.91. The molecule has 2 saturated heterocycles. The Morgan fingerprint density at radius 3 is 2.21 bits per heavy atom. The quantitative estimate of drug-likeness (QED) is 0.102. The summed E-state index contributed by atoms with van der Waals surface area (Å²) in [7, 11) is 0. The van der Waals surface area contributed by atoms with Gasteiger partial charge in [0, 0.05) is 18.9 Å². The molecule has 4 unspecified atom stereocenters. The molecule has 0 bridgehead atoms. The molecule has 0 radical (unpaired) electrons. The highest BCUT2D eigenvalue weighted by atomic mass is 16.7. The van der Waals surface area contributed by atoms with Gasteiger partial charge in [-0.05, 0) is 38.8 Å². The largest absolute Gasteiger partial charge is 0.394 e. The molecule has 2 fully saturated rings. The number of rotatable bonds is 13. The van der Waals surface area contributed by atoms with Crippen LogP contribution in [0.5, 0.6) is 0 Å². The van der Waals surface area contributed by atoms with E-state index in [1.54, 1.807) is 33.2 Å². The molecule has 10 atom stereocenters. The van der Waals surface area contributed by atoms with E-state index < -0.39 is 80.2 Å². The minimum atomic E-state index is -1.62. The fourth-order valence-electron chi connectivity index (χ4n) is 4.27. The summed E-state index contributed by atoms with van der Waals surface area (Å²) in [6.07, 6.45) is -9.78. The van der Waals surface area contributed by atoms with Gasteiger partial charge < -0.3 is 54.3 Å². The second-order valence-corrected chi connectivity index (χ2v) is 10.5. The molecule has 1 aromatic heterocycles. The summed E-state index contributed by atoms with van der Waals surface area (Å²) in [6, 6.07) is 3.69.